The van der Waals surface area contributed by atoms with E-state index in [-0.39, 0.29) is 10.3 Å². The maximum absolute atomic E-state index is 12.6. The summed E-state index contributed by atoms with van der Waals surface area (Å²) < 4.78 is 30.1. The third-order valence-electron chi connectivity index (χ3n) is 5.03. The Kier molecular flexibility index (Phi) is 3.90. The second kappa shape index (κ2) is 5.87. The van der Waals surface area contributed by atoms with Gasteiger partial charge in [-0.3, -0.25) is 0 Å². The van der Waals surface area contributed by atoms with Gasteiger partial charge in [-0.2, -0.15) is 0 Å². The van der Waals surface area contributed by atoms with Crippen LogP contribution in [0, 0.1) is 0 Å². The first-order valence-electron chi connectivity index (χ1n) is 8.21. The molecule has 0 unspecified atom stereocenters. The van der Waals surface area contributed by atoms with E-state index in [1.165, 1.54) is 22.5 Å². The number of para-hydroxylation sites is 1. The van der Waals surface area contributed by atoms with Crippen molar-refractivity contribution in [2.45, 2.75) is 23.2 Å². The van der Waals surface area contributed by atoms with Gasteiger partial charge in [-0.1, -0.05) is 35.9 Å². The summed E-state index contributed by atoms with van der Waals surface area (Å²) in [6.45, 7) is 0.399. The van der Waals surface area contributed by atoms with Gasteiger partial charge in [0.15, 0.2) is 0 Å². The SMILES string of the molecule is Cn1cc(C2(CNS(=O)(=O)c3cccc(Cl)c3)CC2)c2ccccc21. The van der Waals surface area contributed by atoms with Crippen LogP contribution in [-0.4, -0.2) is 19.5 Å². The molecule has 0 radical (unpaired) electrons. The van der Waals surface area contributed by atoms with E-state index in [2.05, 4.69) is 27.6 Å². The van der Waals surface area contributed by atoms with Gasteiger partial charge in [-0.05, 0) is 42.7 Å². The first-order chi connectivity index (χ1) is 11.9. The van der Waals surface area contributed by atoms with Crippen LogP contribution in [0.5, 0.6) is 0 Å². The summed E-state index contributed by atoms with van der Waals surface area (Å²) in [5.74, 6) is 0. The van der Waals surface area contributed by atoms with Gasteiger partial charge in [-0.25, -0.2) is 13.1 Å². The van der Waals surface area contributed by atoms with Gasteiger partial charge >= 0.3 is 0 Å². The number of nitrogens with one attached hydrogen (secondary N) is 1. The number of hydrogen-bond donors (Lipinski definition) is 1. The number of sulfonamides is 1. The summed E-state index contributed by atoms with van der Waals surface area (Å²) in [5.41, 5.74) is 2.27. The molecule has 25 heavy (non-hydrogen) atoms. The summed E-state index contributed by atoms with van der Waals surface area (Å²) in [4.78, 5) is 0.203. The highest BCUT2D eigenvalue weighted by Gasteiger charge is 2.46. The highest BCUT2D eigenvalue weighted by Crippen LogP contribution is 2.50. The minimum atomic E-state index is -3.57. The lowest BCUT2D eigenvalue weighted by molar-refractivity contribution is 0.567. The summed E-state index contributed by atoms with van der Waals surface area (Å²) in [7, 11) is -1.55. The number of halogens is 1. The molecule has 0 spiro atoms. The Hall–Kier alpha value is -1.82. The maximum atomic E-state index is 12.6. The Morgan fingerprint density at radius 3 is 2.64 bits per heavy atom. The molecule has 4 rings (SSSR count). The van der Waals surface area contributed by atoms with Gasteiger partial charge in [0.2, 0.25) is 10.0 Å². The average molecular weight is 375 g/mol. The summed E-state index contributed by atoms with van der Waals surface area (Å²) in [5, 5.41) is 1.61. The molecule has 0 bridgehead atoms. The first-order valence-corrected chi connectivity index (χ1v) is 10.1. The summed E-state index contributed by atoms with van der Waals surface area (Å²) >= 11 is 5.92. The molecule has 130 valence electrons. The number of benzene rings is 2. The molecule has 1 aromatic heterocycles. The lowest BCUT2D eigenvalue weighted by atomic mass is 9.96. The van der Waals surface area contributed by atoms with Crippen molar-refractivity contribution in [3.05, 3.63) is 65.3 Å². The molecule has 2 aromatic carbocycles. The fourth-order valence-electron chi connectivity index (χ4n) is 3.41. The largest absolute Gasteiger partial charge is 0.350 e. The molecule has 0 amide bonds. The minimum absolute atomic E-state index is 0.119. The molecule has 3 aromatic rings. The Morgan fingerprint density at radius 1 is 1.16 bits per heavy atom. The molecule has 0 saturated heterocycles. The summed E-state index contributed by atoms with van der Waals surface area (Å²) in [6.07, 6.45) is 4.10. The van der Waals surface area contributed by atoms with Crippen molar-refractivity contribution in [2.24, 2.45) is 7.05 Å². The lowest BCUT2D eigenvalue weighted by Gasteiger charge is -2.16. The van der Waals surface area contributed by atoms with E-state index < -0.39 is 10.0 Å². The lowest BCUT2D eigenvalue weighted by Crippen LogP contribution is -2.32. The van der Waals surface area contributed by atoms with Crippen LogP contribution in [0.25, 0.3) is 10.9 Å². The monoisotopic (exact) mass is 374 g/mol. The van der Waals surface area contributed by atoms with Crippen molar-refractivity contribution in [1.82, 2.24) is 9.29 Å². The van der Waals surface area contributed by atoms with Crippen LogP contribution in [0.15, 0.2) is 59.6 Å². The highest BCUT2D eigenvalue weighted by atomic mass is 35.5. The predicted molar refractivity (Wildman–Crippen MR) is 100 cm³/mol. The van der Waals surface area contributed by atoms with Crippen LogP contribution in [0.2, 0.25) is 5.02 Å². The van der Waals surface area contributed by atoms with Crippen LogP contribution in [0.3, 0.4) is 0 Å². The van der Waals surface area contributed by atoms with Crippen molar-refractivity contribution in [3.8, 4) is 0 Å². The van der Waals surface area contributed by atoms with E-state index >= 15 is 0 Å². The topological polar surface area (TPSA) is 51.1 Å². The Balaban J connectivity index is 1.62. The van der Waals surface area contributed by atoms with Crippen LogP contribution in [0.4, 0.5) is 0 Å². The fraction of sp³-hybridized carbons (Fsp3) is 0.263. The van der Waals surface area contributed by atoms with Crippen molar-refractivity contribution in [3.63, 3.8) is 0 Å². The van der Waals surface area contributed by atoms with E-state index in [1.54, 1.807) is 18.2 Å². The molecular weight excluding hydrogens is 356 g/mol. The van der Waals surface area contributed by atoms with Crippen LogP contribution < -0.4 is 4.72 Å². The third-order valence-corrected chi connectivity index (χ3v) is 6.66. The molecule has 1 aliphatic rings. The Labute approximate surface area is 152 Å². The fourth-order valence-corrected chi connectivity index (χ4v) is 4.83. The van der Waals surface area contributed by atoms with E-state index in [9.17, 15) is 8.42 Å². The quantitative estimate of drug-likeness (QED) is 0.737. The molecule has 1 aliphatic carbocycles. The van der Waals surface area contributed by atoms with E-state index in [1.807, 2.05) is 19.2 Å². The van der Waals surface area contributed by atoms with Gasteiger partial charge in [0.25, 0.3) is 0 Å². The molecule has 1 saturated carbocycles. The van der Waals surface area contributed by atoms with E-state index in [0.29, 0.717) is 11.6 Å². The van der Waals surface area contributed by atoms with Gasteiger partial charge in [0.05, 0.1) is 4.90 Å². The third kappa shape index (κ3) is 2.97. The highest BCUT2D eigenvalue weighted by molar-refractivity contribution is 7.89. The van der Waals surface area contributed by atoms with Gasteiger partial charge < -0.3 is 4.57 Å². The first kappa shape index (κ1) is 16.6. The van der Waals surface area contributed by atoms with Crippen LogP contribution >= 0.6 is 11.6 Å². The number of aryl methyl sites for hydroxylation is 1. The van der Waals surface area contributed by atoms with Crippen molar-refractivity contribution < 1.29 is 8.42 Å². The minimum Gasteiger partial charge on any atom is -0.350 e. The van der Waals surface area contributed by atoms with Gasteiger partial charge in [0.1, 0.15) is 0 Å². The average Bonchev–Trinajstić information content (AvgIpc) is 3.32. The smallest absolute Gasteiger partial charge is 0.240 e. The zero-order valence-corrected chi connectivity index (χ0v) is 15.4. The molecule has 0 atom stereocenters. The molecule has 1 fully saturated rings. The Bertz CT molecular complexity index is 1050. The molecule has 1 heterocycles. The number of rotatable bonds is 5. The van der Waals surface area contributed by atoms with Crippen molar-refractivity contribution in [2.75, 3.05) is 6.54 Å². The predicted octanol–water partition coefficient (Wildman–Crippen LogP) is 3.84. The molecule has 4 nitrogen and oxygen atoms in total. The van der Waals surface area contributed by atoms with Crippen LogP contribution in [-0.2, 0) is 22.5 Å². The molecular formula is C19H19ClN2O2S. The number of nitrogens with zero attached hydrogens (tertiary/aromatic N) is 1. The standard InChI is InChI=1S/C19H19ClN2O2S/c1-22-12-17(16-7-2-3-8-18(16)22)19(9-10-19)13-21-25(23,24)15-6-4-5-14(20)11-15/h2-8,11-12,21H,9-10,13H2,1H3. The number of fused-ring (bicyclic) bond motifs is 1. The second-order valence-electron chi connectivity index (χ2n) is 6.73. The molecule has 0 aliphatic heterocycles. The normalized spacial score (nSPS) is 16.2. The van der Waals surface area contributed by atoms with Crippen LogP contribution in [0.1, 0.15) is 18.4 Å². The summed E-state index contributed by atoms with van der Waals surface area (Å²) in [6, 6.07) is 14.6. The molecule has 6 heteroatoms. The number of hydrogen-bond acceptors (Lipinski definition) is 2. The second-order valence-corrected chi connectivity index (χ2v) is 8.94. The van der Waals surface area contributed by atoms with Crippen molar-refractivity contribution >= 4 is 32.5 Å². The van der Waals surface area contributed by atoms with Gasteiger partial charge in [0, 0.05) is 41.1 Å². The van der Waals surface area contributed by atoms with E-state index in [4.69, 9.17) is 11.6 Å². The van der Waals surface area contributed by atoms with E-state index in [0.717, 1.165) is 12.8 Å². The maximum Gasteiger partial charge on any atom is 0.240 e. The van der Waals surface area contributed by atoms with Gasteiger partial charge in [-0.15, -0.1) is 0 Å². The van der Waals surface area contributed by atoms with Crippen molar-refractivity contribution in [1.29, 1.82) is 0 Å². The Morgan fingerprint density at radius 2 is 1.92 bits per heavy atom. The zero-order chi connectivity index (χ0) is 17.7. The molecule has 1 N–H and O–H groups in total. The zero-order valence-electron chi connectivity index (χ0n) is 13.9. The number of aromatic nitrogens is 1.